The molecule has 1 rings (SSSR count). The van der Waals surface area contributed by atoms with E-state index in [-0.39, 0.29) is 5.97 Å². The molecule has 2 nitrogen and oxygen atoms in total. The molecule has 1 aromatic heterocycles. The molecule has 0 N–H and O–H groups in total. The first-order chi connectivity index (χ1) is 6.61. The molecular weight excluding hydrogens is 264 g/mol. The third-order valence-electron chi connectivity index (χ3n) is 1.73. The van der Waals surface area contributed by atoms with Crippen LogP contribution in [-0.2, 0) is 4.74 Å². The topological polar surface area (TPSA) is 26.3 Å². The Labute approximate surface area is 96.4 Å². The van der Waals surface area contributed by atoms with E-state index in [1.807, 2.05) is 11.4 Å². The summed E-state index contributed by atoms with van der Waals surface area (Å²) < 4.78 is 5.94. The monoisotopic (exact) mass is 276 g/mol. The number of esters is 1. The highest BCUT2D eigenvalue weighted by molar-refractivity contribution is 9.10. The zero-order valence-corrected chi connectivity index (χ0v) is 10.7. The predicted molar refractivity (Wildman–Crippen MR) is 61.8 cm³/mol. The van der Waals surface area contributed by atoms with E-state index in [0.717, 1.165) is 10.9 Å². The zero-order chi connectivity index (χ0) is 10.6. The summed E-state index contributed by atoms with van der Waals surface area (Å²) in [6.07, 6.45) is 0.911. The molecule has 0 saturated carbocycles. The van der Waals surface area contributed by atoms with Gasteiger partial charge in [-0.3, -0.25) is 0 Å². The van der Waals surface area contributed by atoms with Crippen LogP contribution in [0, 0.1) is 5.92 Å². The van der Waals surface area contributed by atoms with E-state index in [1.54, 1.807) is 0 Å². The van der Waals surface area contributed by atoms with Gasteiger partial charge in [-0.05, 0) is 39.7 Å². The van der Waals surface area contributed by atoms with Crippen LogP contribution in [0.1, 0.15) is 29.9 Å². The number of carbonyl (C=O) groups excluding carboxylic acids is 1. The fraction of sp³-hybridized carbons (Fsp3) is 0.500. The Kier molecular flexibility index (Phi) is 4.62. The maximum Gasteiger partial charge on any atom is 0.349 e. The van der Waals surface area contributed by atoms with E-state index in [9.17, 15) is 4.79 Å². The van der Waals surface area contributed by atoms with E-state index in [1.165, 1.54) is 11.3 Å². The number of rotatable bonds is 4. The second kappa shape index (κ2) is 5.51. The second-order valence-electron chi connectivity index (χ2n) is 3.42. The second-order valence-corrected chi connectivity index (χ2v) is 5.19. The van der Waals surface area contributed by atoms with Gasteiger partial charge in [0.05, 0.1) is 6.61 Å². The van der Waals surface area contributed by atoms with Gasteiger partial charge in [-0.1, -0.05) is 13.8 Å². The third kappa shape index (κ3) is 3.42. The minimum atomic E-state index is -0.229. The van der Waals surface area contributed by atoms with Crippen LogP contribution in [0.25, 0.3) is 0 Å². The first-order valence-corrected chi connectivity index (χ1v) is 6.18. The SMILES string of the molecule is CC(C)CCOC(=O)c1sccc1Br. The summed E-state index contributed by atoms with van der Waals surface area (Å²) in [6.45, 7) is 4.71. The highest BCUT2D eigenvalue weighted by Crippen LogP contribution is 2.23. The van der Waals surface area contributed by atoms with E-state index in [0.29, 0.717) is 17.4 Å². The molecule has 0 amide bonds. The first-order valence-electron chi connectivity index (χ1n) is 4.51. The molecular formula is C10H13BrO2S. The standard InChI is InChI=1S/C10H13BrO2S/c1-7(2)3-5-13-10(12)9-8(11)4-6-14-9/h4,6-7H,3,5H2,1-2H3. The normalized spacial score (nSPS) is 10.6. The average Bonchev–Trinajstić information content (AvgIpc) is 2.50. The highest BCUT2D eigenvalue weighted by Gasteiger charge is 2.12. The summed E-state index contributed by atoms with van der Waals surface area (Å²) in [6, 6.07) is 1.85. The minimum absolute atomic E-state index is 0.229. The molecule has 0 aromatic carbocycles. The Morgan fingerprint density at radius 1 is 1.64 bits per heavy atom. The van der Waals surface area contributed by atoms with E-state index in [2.05, 4.69) is 29.8 Å². The minimum Gasteiger partial charge on any atom is -0.461 e. The van der Waals surface area contributed by atoms with Crippen LogP contribution in [0.4, 0.5) is 0 Å². The van der Waals surface area contributed by atoms with Gasteiger partial charge in [-0.25, -0.2) is 4.79 Å². The molecule has 0 spiro atoms. The summed E-state index contributed by atoms with van der Waals surface area (Å²) in [4.78, 5) is 12.1. The van der Waals surface area contributed by atoms with Crippen molar-refractivity contribution in [3.8, 4) is 0 Å². The van der Waals surface area contributed by atoms with Crippen LogP contribution in [-0.4, -0.2) is 12.6 Å². The van der Waals surface area contributed by atoms with Crippen LogP contribution < -0.4 is 0 Å². The van der Waals surface area contributed by atoms with Gasteiger partial charge in [0.2, 0.25) is 0 Å². The quantitative estimate of drug-likeness (QED) is 0.784. The molecule has 1 aromatic rings. The molecule has 4 heteroatoms. The van der Waals surface area contributed by atoms with Crippen molar-refractivity contribution in [1.82, 2.24) is 0 Å². The van der Waals surface area contributed by atoms with Crippen molar-refractivity contribution in [3.63, 3.8) is 0 Å². The van der Waals surface area contributed by atoms with Crippen molar-refractivity contribution in [3.05, 3.63) is 20.8 Å². The lowest BCUT2D eigenvalue weighted by Gasteiger charge is -2.05. The van der Waals surface area contributed by atoms with Gasteiger partial charge in [-0.15, -0.1) is 11.3 Å². The van der Waals surface area contributed by atoms with Crippen molar-refractivity contribution >= 4 is 33.2 Å². The van der Waals surface area contributed by atoms with Crippen molar-refractivity contribution in [2.45, 2.75) is 20.3 Å². The van der Waals surface area contributed by atoms with Crippen LogP contribution in [0.2, 0.25) is 0 Å². The summed E-state index contributed by atoms with van der Waals surface area (Å²) in [7, 11) is 0. The molecule has 0 aliphatic heterocycles. The predicted octanol–water partition coefficient (Wildman–Crippen LogP) is 3.71. The molecule has 0 aliphatic rings. The van der Waals surface area contributed by atoms with Gasteiger partial charge in [0.1, 0.15) is 4.88 Å². The maximum absolute atomic E-state index is 11.5. The number of hydrogen-bond donors (Lipinski definition) is 0. The lowest BCUT2D eigenvalue weighted by molar-refractivity contribution is 0.0493. The molecule has 0 radical (unpaired) electrons. The summed E-state index contributed by atoms with van der Waals surface area (Å²) >= 11 is 4.69. The Hall–Kier alpha value is -0.350. The number of hydrogen-bond acceptors (Lipinski definition) is 3. The van der Waals surface area contributed by atoms with E-state index < -0.39 is 0 Å². The summed E-state index contributed by atoms with van der Waals surface area (Å²) in [5, 5.41) is 1.86. The number of carbonyl (C=O) groups is 1. The molecule has 78 valence electrons. The van der Waals surface area contributed by atoms with Gasteiger partial charge in [0.25, 0.3) is 0 Å². The number of halogens is 1. The van der Waals surface area contributed by atoms with Gasteiger partial charge < -0.3 is 4.74 Å². The molecule has 0 atom stereocenters. The van der Waals surface area contributed by atoms with E-state index >= 15 is 0 Å². The molecule has 1 heterocycles. The Morgan fingerprint density at radius 3 is 2.86 bits per heavy atom. The van der Waals surface area contributed by atoms with Crippen LogP contribution >= 0.6 is 27.3 Å². The highest BCUT2D eigenvalue weighted by atomic mass is 79.9. The van der Waals surface area contributed by atoms with Crippen molar-refractivity contribution in [2.24, 2.45) is 5.92 Å². The van der Waals surface area contributed by atoms with Crippen molar-refractivity contribution < 1.29 is 9.53 Å². The molecule has 0 aliphatic carbocycles. The Morgan fingerprint density at radius 2 is 2.36 bits per heavy atom. The van der Waals surface area contributed by atoms with Crippen LogP contribution in [0.15, 0.2) is 15.9 Å². The largest absolute Gasteiger partial charge is 0.461 e. The Bertz CT molecular complexity index is 307. The Balaban J connectivity index is 2.40. The van der Waals surface area contributed by atoms with Gasteiger partial charge >= 0.3 is 5.97 Å². The first kappa shape index (κ1) is 11.7. The molecule has 14 heavy (non-hydrogen) atoms. The lowest BCUT2D eigenvalue weighted by Crippen LogP contribution is -2.06. The van der Waals surface area contributed by atoms with Crippen molar-refractivity contribution in [1.29, 1.82) is 0 Å². The summed E-state index contributed by atoms with van der Waals surface area (Å²) in [5.74, 6) is 0.335. The van der Waals surface area contributed by atoms with Crippen LogP contribution in [0.3, 0.4) is 0 Å². The molecule has 0 fully saturated rings. The van der Waals surface area contributed by atoms with E-state index in [4.69, 9.17) is 4.74 Å². The number of ether oxygens (including phenoxy) is 1. The molecule has 0 saturated heterocycles. The lowest BCUT2D eigenvalue weighted by atomic mass is 10.1. The third-order valence-corrected chi connectivity index (χ3v) is 3.55. The fourth-order valence-corrected chi connectivity index (χ4v) is 2.32. The zero-order valence-electron chi connectivity index (χ0n) is 8.25. The van der Waals surface area contributed by atoms with Crippen molar-refractivity contribution in [2.75, 3.05) is 6.61 Å². The molecule has 0 bridgehead atoms. The van der Waals surface area contributed by atoms with Gasteiger partial charge in [0.15, 0.2) is 0 Å². The van der Waals surface area contributed by atoms with Gasteiger partial charge in [0, 0.05) is 4.47 Å². The smallest absolute Gasteiger partial charge is 0.349 e. The number of thiophene rings is 1. The fourth-order valence-electron chi connectivity index (χ4n) is 0.892. The maximum atomic E-state index is 11.5. The average molecular weight is 277 g/mol. The van der Waals surface area contributed by atoms with Gasteiger partial charge in [-0.2, -0.15) is 0 Å². The van der Waals surface area contributed by atoms with Crippen LogP contribution in [0.5, 0.6) is 0 Å². The molecule has 0 unspecified atom stereocenters. The summed E-state index contributed by atoms with van der Waals surface area (Å²) in [5.41, 5.74) is 0.